The molecule has 0 spiro atoms. The van der Waals surface area contributed by atoms with Crippen LogP contribution in [0.5, 0.6) is 0 Å². The molecular formula is C14H25N5O2. The first kappa shape index (κ1) is 14.9. The highest BCUT2D eigenvalue weighted by Gasteiger charge is 2.33. The molecule has 0 aliphatic carbocycles. The summed E-state index contributed by atoms with van der Waals surface area (Å²) < 4.78 is 11.0. The third-order valence-corrected chi connectivity index (χ3v) is 4.65. The first-order chi connectivity index (χ1) is 10.2. The first-order valence-corrected chi connectivity index (χ1v) is 7.63. The smallest absolute Gasteiger partial charge is 0.233 e. The molecule has 7 nitrogen and oxygen atoms in total. The van der Waals surface area contributed by atoms with Gasteiger partial charge in [-0.05, 0) is 21.1 Å². The highest BCUT2D eigenvalue weighted by molar-refractivity contribution is 5.03. The standard InChI is InChI=1S/C14H25N5O2/c1-15-12-9-20-8-11(12)14-16-13(17-21-14)6-10-7-18(2)4-5-19(10)3/h10-12,15H,4-9H2,1-3H3. The molecule has 118 valence electrons. The molecule has 1 aromatic heterocycles. The summed E-state index contributed by atoms with van der Waals surface area (Å²) in [5, 5.41) is 7.42. The number of rotatable bonds is 4. The number of aromatic nitrogens is 2. The van der Waals surface area contributed by atoms with Gasteiger partial charge in [0.2, 0.25) is 5.89 Å². The molecule has 2 saturated heterocycles. The molecule has 3 atom stereocenters. The highest BCUT2D eigenvalue weighted by atomic mass is 16.5. The molecular weight excluding hydrogens is 270 g/mol. The van der Waals surface area contributed by atoms with Crippen molar-refractivity contribution in [2.75, 3.05) is 54.0 Å². The largest absolute Gasteiger partial charge is 0.379 e. The second-order valence-corrected chi connectivity index (χ2v) is 6.19. The van der Waals surface area contributed by atoms with Crippen molar-refractivity contribution in [3.8, 4) is 0 Å². The number of piperazine rings is 1. The van der Waals surface area contributed by atoms with Gasteiger partial charge in [0, 0.05) is 38.1 Å². The zero-order chi connectivity index (χ0) is 14.8. The Morgan fingerprint density at radius 2 is 2.14 bits per heavy atom. The van der Waals surface area contributed by atoms with Crippen molar-refractivity contribution in [2.24, 2.45) is 0 Å². The fourth-order valence-electron chi connectivity index (χ4n) is 3.12. The van der Waals surface area contributed by atoms with E-state index in [4.69, 9.17) is 9.26 Å². The molecule has 2 fully saturated rings. The van der Waals surface area contributed by atoms with Crippen LogP contribution in [0.4, 0.5) is 0 Å². The molecule has 0 aromatic carbocycles. The lowest BCUT2D eigenvalue weighted by atomic mass is 10.0. The lowest BCUT2D eigenvalue weighted by molar-refractivity contribution is 0.113. The van der Waals surface area contributed by atoms with Gasteiger partial charge >= 0.3 is 0 Å². The van der Waals surface area contributed by atoms with Crippen molar-refractivity contribution in [1.82, 2.24) is 25.3 Å². The summed E-state index contributed by atoms with van der Waals surface area (Å²) in [7, 11) is 6.27. The van der Waals surface area contributed by atoms with Crippen LogP contribution in [0.2, 0.25) is 0 Å². The van der Waals surface area contributed by atoms with Crippen LogP contribution in [0.1, 0.15) is 17.6 Å². The van der Waals surface area contributed by atoms with Crippen molar-refractivity contribution in [3.63, 3.8) is 0 Å². The van der Waals surface area contributed by atoms with E-state index in [0.29, 0.717) is 25.1 Å². The first-order valence-electron chi connectivity index (χ1n) is 7.63. The Balaban J connectivity index is 1.65. The Hall–Kier alpha value is -1.02. The normalized spacial score (nSPS) is 31.9. The van der Waals surface area contributed by atoms with Crippen LogP contribution in [-0.2, 0) is 11.2 Å². The van der Waals surface area contributed by atoms with Crippen LogP contribution in [0, 0.1) is 0 Å². The Bertz CT molecular complexity index is 466. The summed E-state index contributed by atoms with van der Waals surface area (Å²) >= 11 is 0. The highest BCUT2D eigenvalue weighted by Crippen LogP contribution is 2.24. The summed E-state index contributed by atoms with van der Waals surface area (Å²) in [6.45, 7) is 4.61. The molecule has 0 saturated carbocycles. The van der Waals surface area contributed by atoms with E-state index in [1.165, 1.54) is 0 Å². The van der Waals surface area contributed by atoms with E-state index >= 15 is 0 Å². The molecule has 3 heterocycles. The van der Waals surface area contributed by atoms with Gasteiger partial charge in [-0.2, -0.15) is 4.98 Å². The second-order valence-electron chi connectivity index (χ2n) is 6.19. The van der Waals surface area contributed by atoms with Gasteiger partial charge in [0.05, 0.1) is 19.1 Å². The van der Waals surface area contributed by atoms with Crippen LogP contribution in [0.25, 0.3) is 0 Å². The van der Waals surface area contributed by atoms with E-state index in [1.54, 1.807) is 0 Å². The summed E-state index contributed by atoms with van der Waals surface area (Å²) in [4.78, 5) is 9.34. The minimum atomic E-state index is 0.169. The minimum absolute atomic E-state index is 0.169. The van der Waals surface area contributed by atoms with Crippen LogP contribution in [-0.4, -0.2) is 86.0 Å². The summed E-state index contributed by atoms with van der Waals surface area (Å²) in [6.07, 6.45) is 0.835. The van der Waals surface area contributed by atoms with Gasteiger partial charge in [-0.25, -0.2) is 0 Å². The third kappa shape index (κ3) is 3.26. The predicted molar refractivity (Wildman–Crippen MR) is 78.3 cm³/mol. The van der Waals surface area contributed by atoms with E-state index < -0.39 is 0 Å². The summed E-state index contributed by atoms with van der Waals surface area (Å²) in [6, 6.07) is 0.718. The van der Waals surface area contributed by atoms with Crippen LogP contribution in [0.15, 0.2) is 4.52 Å². The van der Waals surface area contributed by atoms with Crippen molar-refractivity contribution in [3.05, 3.63) is 11.7 Å². The van der Waals surface area contributed by atoms with Gasteiger partial charge < -0.3 is 24.4 Å². The van der Waals surface area contributed by atoms with Crippen molar-refractivity contribution in [2.45, 2.75) is 24.4 Å². The van der Waals surface area contributed by atoms with Crippen molar-refractivity contribution >= 4 is 0 Å². The molecule has 3 unspecified atom stereocenters. The zero-order valence-electron chi connectivity index (χ0n) is 13.1. The van der Waals surface area contributed by atoms with Crippen LogP contribution < -0.4 is 5.32 Å². The quantitative estimate of drug-likeness (QED) is 0.807. The molecule has 0 amide bonds. The topological polar surface area (TPSA) is 66.7 Å². The molecule has 1 aromatic rings. The Morgan fingerprint density at radius 1 is 1.29 bits per heavy atom. The number of ether oxygens (including phenoxy) is 1. The number of nitrogens with one attached hydrogen (secondary N) is 1. The molecule has 1 N–H and O–H groups in total. The third-order valence-electron chi connectivity index (χ3n) is 4.65. The number of hydrogen-bond donors (Lipinski definition) is 1. The Kier molecular flexibility index (Phi) is 4.54. The fraction of sp³-hybridized carbons (Fsp3) is 0.857. The molecule has 7 heteroatoms. The van der Waals surface area contributed by atoms with E-state index in [-0.39, 0.29) is 12.0 Å². The zero-order valence-corrected chi connectivity index (χ0v) is 13.1. The van der Waals surface area contributed by atoms with Gasteiger partial charge in [0.1, 0.15) is 0 Å². The molecule has 3 rings (SSSR count). The summed E-state index contributed by atoms with van der Waals surface area (Å²) in [5.41, 5.74) is 0. The maximum atomic E-state index is 5.50. The minimum Gasteiger partial charge on any atom is -0.379 e. The van der Waals surface area contributed by atoms with Gasteiger partial charge in [0.25, 0.3) is 0 Å². The second kappa shape index (κ2) is 6.39. The van der Waals surface area contributed by atoms with Gasteiger partial charge in [-0.3, -0.25) is 0 Å². The maximum absolute atomic E-state index is 5.50. The van der Waals surface area contributed by atoms with Gasteiger partial charge in [-0.1, -0.05) is 5.16 Å². The number of hydrogen-bond acceptors (Lipinski definition) is 7. The fourth-order valence-corrected chi connectivity index (χ4v) is 3.12. The van der Waals surface area contributed by atoms with Gasteiger partial charge in [0.15, 0.2) is 5.82 Å². The molecule has 2 aliphatic heterocycles. The molecule has 0 bridgehead atoms. The lowest BCUT2D eigenvalue weighted by Crippen LogP contribution is -2.50. The van der Waals surface area contributed by atoms with E-state index in [0.717, 1.165) is 31.9 Å². The van der Waals surface area contributed by atoms with E-state index in [1.807, 2.05) is 7.05 Å². The van der Waals surface area contributed by atoms with Crippen LogP contribution in [0.3, 0.4) is 0 Å². The van der Waals surface area contributed by atoms with Crippen molar-refractivity contribution in [1.29, 1.82) is 0 Å². The number of nitrogens with zero attached hydrogens (tertiary/aromatic N) is 4. The van der Waals surface area contributed by atoms with E-state index in [2.05, 4.69) is 39.4 Å². The average molecular weight is 295 g/mol. The average Bonchev–Trinajstić information content (AvgIpc) is 3.10. The van der Waals surface area contributed by atoms with Gasteiger partial charge in [-0.15, -0.1) is 0 Å². The lowest BCUT2D eigenvalue weighted by Gasteiger charge is -2.37. The molecule has 2 aliphatic rings. The van der Waals surface area contributed by atoms with Crippen LogP contribution >= 0.6 is 0 Å². The Morgan fingerprint density at radius 3 is 2.95 bits per heavy atom. The summed E-state index contributed by atoms with van der Waals surface area (Å²) in [5.74, 6) is 1.68. The number of likely N-dealkylation sites (N-methyl/N-ethyl adjacent to an activating group) is 3. The van der Waals surface area contributed by atoms with Crippen molar-refractivity contribution < 1.29 is 9.26 Å². The monoisotopic (exact) mass is 295 g/mol. The molecule has 0 radical (unpaired) electrons. The van der Waals surface area contributed by atoms with E-state index in [9.17, 15) is 0 Å². The predicted octanol–water partition coefficient (Wildman–Crippen LogP) is -0.440. The molecule has 21 heavy (non-hydrogen) atoms. The Labute approximate surface area is 125 Å². The maximum Gasteiger partial charge on any atom is 0.233 e. The SMILES string of the molecule is CNC1COCC1c1nc(CC2CN(C)CCN2C)no1.